The van der Waals surface area contributed by atoms with Gasteiger partial charge in [-0.25, -0.2) is 4.79 Å². The van der Waals surface area contributed by atoms with Gasteiger partial charge in [0, 0.05) is 24.8 Å². The molecular formula is C23H28N4O2. The van der Waals surface area contributed by atoms with Gasteiger partial charge in [-0.3, -0.25) is 5.10 Å². The quantitative estimate of drug-likeness (QED) is 0.506. The van der Waals surface area contributed by atoms with Crippen molar-refractivity contribution in [3.05, 3.63) is 66.4 Å². The van der Waals surface area contributed by atoms with Crippen LogP contribution in [0.4, 0.5) is 10.5 Å². The van der Waals surface area contributed by atoms with Crippen molar-refractivity contribution < 1.29 is 9.53 Å². The molecule has 2 amide bonds. The number of aromatic amines is 1. The fraction of sp³-hybridized carbons (Fsp3) is 0.304. The molecule has 0 bridgehead atoms. The number of hydrogen-bond donors (Lipinski definition) is 2. The summed E-state index contributed by atoms with van der Waals surface area (Å²) in [6.45, 7) is 0.708. The van der Waals surface area contributed by atoms with Crippen molar-refractivity contribution in [2.75, 3.05) is 26.0 Å². The van der Waals surface area contributed by atoms with E-state index in [1.807, 2.05) is 49.5 Å². The number of nitrogens with zero attached hydrogens (tertiary/aromatic N) is 2. The van der Waals surface area contributed by atoms with Gasteiger partial charge in [0.25, 0.3) is 0 Å². The Morgan fingerprint density at radius 1 is 1.07 bits per heavy atom. The SMILES string of the molecule is COc1ccccc1NC(=O)N(C)CCCCCc1cc(-c2ccccc2)n[nH]1. The number of anilines is 1. The summed E-state index contributed by atoms with van der Waals surface area (Å²) in [6, 6.07) is 19.6. The lowest BCUT2D eigenvalue weighted by Crippen LogP contribution is -2.32. The van der Waals surface area contributed by atoms with E-state index < -0.39 is 0 Å². The summed E-state index contributed by atoms with van der Waals surface area (Å²) in [4.78, 5) is 14.1. The van der Waals surface area contributed by atoms with Crippen LogP contribution in [0.5, 0.6) is 5.75 Å². The van der Waals surface area contributed by atoms with Gasteiger partial charge < -0.3 is 15.0 Å². The van der Waals surface area contributed by atoms with Crippen LogP contribution in [0.1, 0.15) is 25.0 Å². The topological polar surface area (TPSA) is 70.2 Å². The van der Waals surface area contributed by atoms with Crippen molar-refractivity contribution in [1.82, 2.24) is 15.1 Å². The molecule has 1 heterocycles. The molecule has 0 aliphatic rings. The first-order chi connectivity index (χ1) is 14.2. The van der Waals surface area contributed by atoms with Crippen molar-refractivity contribution in [3.8, 4) is 17.0 Å². The molecule has 0 atom stereocenters. The molecule has 0 saturated carbocycles. The predicted octanol–water partition coefficient (Wildman–Crippen LogP) is 4.96. The first-order valence-corrected chi connectivity index (χ1v) is 9.92. The van der Waals surface area contributed by atoms with Gasteiger partial charge in [-0.05, 0) is 37.5 Å². The van der Waals surface area contributed by atoms with E-state index in [-0.39, 0.29) is 6.03 Å². The third-order valence-electron chi connectivity index (χ3n) is 4.84. The second-order valence-electron chi connectivity index (χ2n) is 7.01. The maximum atomic E-state index is 12.3. The van der Waals surface area contributed by atoms with Gasteiger partial charge in [0.1, 0.15) is 5.75 Å². The second-order valence-corrected chi connectivity index (χ2v) is 7.01. The van der Waals surface area contributed by atoms with Crippen molar-refractivity contribution in [2.24, 2.45) is 0 Å². The number of amides is 2. The van der Waals surface area contributed by atoms with Crippen LogP contribution in [0.15, 0.2) is 60.7 Å². The minimum atomic E-state index is -0.129. The molecule has 2 N–H and O–H groups in total. The number of carbonyl (C=O) groups is 1. The highest BCUT2D eigenvalue weighted by atomic mass is 16.5. The normalized spacial score (nSPS) is 10.6. The summed E-state index contributed by atoms with van der Waals surface area (Å²) in [5, 5.41) is 10.4. The molecule has 6 nitrogen and oxygen atoms in total. The molecule has 0 fully saturated rings. The van der Waals surface area contributed by atoms with Crippen molar-refractivity contribution in [2.45, 2.75) is 25.7 Å². The average molecular weight is 393 g/mol. The molecule has 2 aromatic carbocycles. The van der Waals surface area contributed by atoms with E-state index in [2.05, 4.69) is 33.7 Å². The Balaban J connectivity index is 1.37. The maximum Gasteiger partial charge on any atom is 0.321 e. The van der Waals surface area contributed by atoms with Crippen LogP contribution in [0.2, 0.25) is 0 Å². The molecule has 152 valence electrons. The number of aryl methyl sites for hydroxylation is 1. The fourth-order valence-electron chi connectivity index (χ4n) is 3.15. The monoisotopic (exact) mass is 392 g/mol. The molecule has 6 heteroatoms. The molecule has 1 aromatic heterocycles. The summed E-state index contributed by atoms with van der Waals surface area (Å²) >= 11 is 0. The van der Waals surface area contributed by atoms with Crippen LogP contribution >= 0.6 is 0 Å². The van der Waals surface area contributed by atoms with Crippen LogP contribution in [0.3, 0.4) is 0 Å². The van der Waals surface area contributed by atoms with Gasteiger partial charge in [-0.1, -0.05) is 48.9 Å². The molecule has 0 radical (unpaired) electrons. The predicted molar refractivity (Wildman–Crippen MR) is 116 cm³/mol. The Hall–Kier alpha value is -3.28. The number of nitrogens with one attached hydrogen (secondary N) is 2. The zero-order valence-electron chi connectivity index (χ0n) is 17.0. The van der Waals surface area contributed by atoms with Crippen LogP contribution < -0.4 is 10.1 Å². The van der Waals surface area contributed by atoms with Crippen LogP contribution in [0, 0.1) is 0 Å². The Kier molecular flexibility index (Phi) is 7.28. The highest BCUT2D eigenvalue weighted by molar-refractivity contribution is 5.90. The molecule has 3 aromatic rings. The second kappa shape index (κ2) is 10.3. The highest BCUT2D eigenvalue weighted by Gasteiger charge is 2.11. The van der Waals surface area contributed by atoms with E-state index in [1.165, 1.54) is 0 Å². The zero-order chi connectivity index (χ0) is 20.5. The molecule has 0 unspecified atom stereocenters. The lowest BCUT2D eigenvalue weighted by Gasteiger charge is -2.18. The number of rotatable bonds is 9. The van der Waals surface area contributed by atoms with Gasteiger partial charge in [0.05, 0.1) is 18.5 Å². The summed E-state index contributed by atoms with van der Waals surface area (Å²) in [5.41, 5.74) is 3.93. The zero-order valence-corrected chi connectivity index (χ0v) is 17.0. The number of methoxy groups -OCH3 is 1. The number of para-hydroxylation sites is 2. The number of urea groups is 1. The van der Waals surface area contributed by atoms with E-state index in [9.17, 15) is 4.79 Å². The van der Waals surface area contributed by atoms with E-state index in [4.69, 9.17) is 4.74 Å². The Labute approximate surface area is 171 Å². The molecule has 0 saturated heterocycles. The Morgan fingerprint density at radius 3 is 2.62 bits per heavy atom. The van der Waals surface area contributed by atoms with Gasteiger partial charge in [-0.2, -0.15) is 5.10 Å². The van der Waals surface area contributed by atoms with Crippen LogP contribution in [-0.4, -0.2) is 41.8 Å². The van der Waals surface area contributed by atoms with Gasteiger partial charge >= 0.3 is 6.03 Å². The first-order valence-electron chi connectivity index (χ1n) is 9.92. The Bertz CT molecular complexity index is 908. The Morgan fingerprint density at radius 2 is 1.83 bits per heavy atom. The van der Waals surface area contributed by atoms with Crippen molar-refractivity contribution >= 4 is 11.7 Å². The van der Waals surface area contributed by atoms with Crippen LogP contribution in [-0.2, 0) is 6.42 Å². The minimum absolute atomic E-state index is 0.129. The third-order valence-corrected chi connectivity index (χ3v) is 4.84. The molecule has 0 aliphatic heterocycles. The molecule has 0 spiro atoms. The molecular weight excluding hydrogens is 364 g/mol. The first kappa shape index (κ1) is 20.5. The number of carbonyl (C=O) groups excluding carboxylic acids is 1. The number of unbranched alkanes of at least 4 members (excludes halogenated alkanes) is 2. The van der Waals surface area contributed by atoms with E-state index >= 15 is 0 Å². The van der Waals surface area contributed by atoms with Gasteiger partial charge in [0.2, 0.25) is 0 Å². The van der Waals surface area contributed by atoms with Crippen molar-refractivity contribution in [3.63, 3.8) is 0 Å². The molecule has 29 heavy (non-hydrogen) atoms. The van der Waals surface area contributed by atoms with Crippen LogP contribution in [0.25, 0.3) is 11.3 Å². The lowest BCUT2D eigenvalue weighted by molar-refractivity contribution is 0.221. The largest absolute Gasteiger partial charge is 0.495 e. The van der Waals surface area contributed by atoms with Crippen molar-refractivity contribution in [1.29, 1.82) is 0 Å². The summed E-state index contributed by atoms with van der Waals surface area (Å²) in [6.07, 6.45) is 4.01. The van der Waals surface area contributed by atoms with E-state index in [1.54, 1.807) is 12.0 Å². The minimum Gasteiger partial charge on any atom is -0.495 e. The average Bonchev–Trinajstić information content (AvgIpc) is 3.23. The van der Waals surface area contributed by atoms with Gasteiger partial charge in [0.15, 0.2) is 0 Å². The molecule has 0 aliphatic carbocycles. The lowest BCUT2D eigenvalue weighted by atomic mass is 10.1. The standard InChI is InChI=1S/C23H28N4O2/c1-27(23(28)24-20-14-8-9-15-22(20)29-2)16-10-4-7-13-19-17-21(26-25-19)18-11-5-3-6-12-18/h3,5-6,8-9,11-12,14-15,17H,4,7,10,13,16H2,1-2H3,(H,24,28)(H,25,26). The summed E-state index contributed by atoms with van der Waals surface area (Å²) in [7, 11) is 3.41. The smallest absolute Gasteiger partial charge is 0.321 e. The van der Waals surface area contributed by atoms with Gasteiger partial charge in [-0.15, -0.1) is 0 Å². The van der Waals surface area contributed by atoms with E-state index in [0.29, 0.717) is 18.0 Å². The number of hydrogen-bond acceptors (Lipinski definition) is 3. The summed E-state index contributed by atoms with van der Waals surface area (Å²) in [5.74, 6) is 0.656. The number of benzene rings is 2. The third kappa shape index (κ3) is 5.85. The summed E-state index contributed by atoms with van der Waals surface area (Å²) < 4.78 is 5.27. The maximum absolute atomic E-state index is 12.3. The number of ether oxygens (including phenoxy) is 1. The fourth-order valence-corrected chi connectivity index (χ4v) is 3.15. The molecule has 3 rings (SSSR count). The number of H-pyrrole nitrogens is 1. The highest BCUT2D eigenvalue weighted by Crippen LogP contribution is 2.23. The number of aromatic nitrogens is 2. The van der Waals surface area contributed by atoms with E-state index in [0.717, 1.165) is 42.6 Å².